The van der Waals surface area contributed by atoms with Gasteiger partial charge in [0.2, 0.25) is 5.76 Å². The second kappa shape index (κ2) is 7.24. The summed E-state index contributed by atoms with van der Waals surface area (Å²) >= 11 is 0. The molecule has 2 N–H and O–H groups in total. The van der Waals surface area contributed by atoms with Gasteiger partial charge in [-0.15, -0.1) is 0 Å². The largest absolute Gasteiger partial charge is 0.481 e. The fourth-order valence-corrected chi connectivity index (χ4v) is 2.26. The zero-order valence-electron chi connectivity index (χ0n) is 13.1. The number of aryl methyl sites for hydroxylation is 1. The number of rotatable bonds is 7. The summed E-state index contributed by atoms with van der Waals surface area (Å²) < 4.78 is 4.89. The Hall–Kier alpha value is -1.85. The van der Waals surface area contributed by atoms with Crippen LogP contribution in [0.2, 0.25) is 0 Å². The highest BCUT2D eigenvalue weighted by atomic mass is 16.5. The third kappa shape index (κ3) is 5.57. The molecule has 1 amide bonds. The van der Waals surface area contributed by atoms with Crippen LogP contribution in [0.15, 0.2) is 10.7 Å². The normalized spacial score (nSPS) is 13.0. The van der Waals surface area contributed by atoms with E-state index in [4.69, 9.17) is 9.63 Å². The van der Waals surface area contributed by atoms with E-state index in [2.05, 4.69) is 31.2 Å². The van der Waals surface area contributed by atoms with Crippen molar-refractivity contribution in [3.05, 3.63) is 17.5 Å². The molecule has 1 heterocycles. The molecule has 1 rings (SSSR count). The minimum absolute atomic E-state index is 0.00231. The molecule has 1 aromatic rings. The second-order valence-electron chi connectivity index (χ2n) is 6.38. The number of carboxylic acids is 1. The van der Waals surface area contributed by atoms with Crippen molar-refractivity contribution in [1.82, 2.24) is 10.5 Å². The summed E-state index contributed by atoms with van der Waals surface area (Å²) in [6.07, 6.45) is 2.99. The number of carbonyl (C=O) groups is 2. The van der Waals surface area contributed by atoms with Gasteiger partial charge in [-0.1, -0.05) is 25.9 Å². The zero-order chi connectivity index (χ0) is 16.0. The van der Waals surface area contributed by atoms with Crippen LogP contribution in [0.3, 0.4) is 0 Å². The summed E-state index contributed by atoms with van der Waals surface area (Å²) in [5, 5.41) is 15.2. The number of hydrogen-bond acceptors (Lipinski definition) is 4. The SMILES string of the molecule is Cc1cnoc1C(=O)NCCC(CCC(=O)O)C(C)(C)C. The van der Waals surface area contributed by atoms with Crippen LogP contribution in [-0.2, 0) is 4.79 Å². The van der Waals surface area contributed by atoms with Gasteiger partial charge in [0.1, 0.15) is 0 Å². The molecule has 21 heavy (non-hydrogen) atoms. The van der Waals surface area contributed by atoms with E-state index in [9.17, 15) is 9.59 Å². The van der Waals surface area contributed by atoms with Crippen LogP contribution in [0.4, 0.5) is 0 Å². The minimum atomic E-state index is -0.787. The molecule has 118 valence electrons. The Balaban J connectivity index is 2.48. The first-order chi connectivity index (χ1) is 9.71. The van der Waals surface area contributed by atoms with E-state index < -0.39 is 5.97 Å². The predicted molar refractivity (Wildman–Crippen MR) is 78.0 cm³/mol. The van der Waals surface area contributed by atoms with Gasteiger partial charge >= 0.3 is 5.97 Å². The minimum Gasteiger partial charge on any atom is -0.481 e. The van der Waals surface area contributed by atoms with E-state index in [-0.39, 0.29) is 29.4 Å². The molecular weight excluding hydrogens is 272 g/mol. The molecule has 6 nitrogen and oxygen atoms in total. The summed E-state index contributed by atoms with van der Waals surface area (Å²) in [5.41, 5.74) is 0.702. The molecule has 0 spiro atoms. The molecule has 0 radical (unpaired) electrons. The molecule has 1 unspecified atom stereocenters. The van der Waals surface area contributed by atoms with Crippen molar-refractivity contribution in [1.29, 1.82) is 0 Å². The van der Waals surface area contributed by atoms with E-state index in [0.717, 1.165) is 6.42 Å². The third-order valence-electron chi connectivity index (χ3n) is 3.66. The molecule has 1 atom stereocenters. The zero-order valence-corrected chi connectivity index (χ0v) is 13.1. The van der Waals surface area contributed by atoms with Crippen LogP contribution in [0, 0.1) is 18.3 Å². The van der Waals surface area contributed by atoms with Crippen molar-refractivity contribution < 1.29 is 19.2 Å². The van der Waals surface area contributed by atoms with E-state index in [1.54, 1.807) is 6.92 Å². The van der Waals surface area contributed by atoms with Crippen LogP contribution in [0.5, 0.6) is 0 Å². The van der Waals surface area contributed by atoms with Gasteiger partial charge in [0.15, 0.2) is 0 Å². The number of hydrogen-bond donors (Lipinski definition) is 2. The third-order valence-corrected chi connectivity index (χ3v) is 3.66. The average Bonchev–Trinajstić information content (AvgIpc) is 2.77. The van der Waals surface area contributed by atoms with Crippen molar-refractivity contribution >= 4 is 11.9 Å². The highest BCUT2D eigenvalue weighted by Gasteiger charge is 2.25. The fourth-order valence-electron chi connectivity index (χ4n) is 2.26. The standard InChI is InChI=1S/C15H24N2O4/c1-10-9-17-21-13(10)14(20)16-8-7-11(15(2,3)4)5-6-12(18)19/h9,11H,5-8H2,1-4H3,(H,16,20)(H,18,19). The molecule has 0 fully saturated rings. The first kappa shape index (κ1) is 17.2. The molecule has 0 aromatic carbocycles. The first-order valence-corrected chi connectivity index (χ1v) is 7.13. The summed E-state index contributed by atoms with van der Waals surface area (Å²) in [4.78, 5) is 22.6. The number of nitrogens with one attached hydrogen (secondary N) is 1. The summed E-state index contributed by atoms with van der Waals surface area (Å²) in [7, 11) is 0. The highest BCUT2D eigenvalue weighted by molar-refractivity contribution is 5.92. The lowest BCUT2D eigenvalue weighted by Gasteiger charge is -2.30. The summed E-state index contributed by atoms with van der Waals surface area (Å²) in [6, 6.07) is 0. The Morgan fingerprint density at radius 2 is 2.05 bits per heavy atom. The summed E-state index contributed by atoms with van der Waals surface area (Å²) in [5.74, 6) is -0.612. The fraction of sp³-hybridized carbons (Fsp3) is 0.667. The molecule has 0 aliphatic heterocycles. The van der Waals surface area contributed by atoms with Gasteiger partial charge < -0.3 is 14.9 Å². The molecular formula is C15H24N2O4. The quantitative estimate of drug-likeness (QED) is 0.807. The molecule has 0 saturated heterocycles. The van der Waals surface area contributed by atoms with E-state index >= 15 is 0 Å². The van der Waals surface area contributed by atoms with Crippen LogP contribution in [0.1, 0.15) is 56.2 Å². The molecule has 0 aliphatic carbocycles. The lowest BCUT2D eigenvalue weighted by molar-refractivity contribution is -0.137. The first-order valence-electron chi connectivity index (χ1n) is 7.13. The summed E-state index contributed by atoms with van der Waals surface area (Å²) in [6.45, 7) is 8.50. The van der Waals surface area contributed by atoms with Crippen molar-refractivity contribution in [3.8, 4) is 0 Å². The number of carbonyl (C=O) groups excluding carboxylic acids is 1. The maximum Gasteiger partial charge on any atom is 0.303 e. The van der Waals surface area contributed by atoms with Crippen LogP contribution >= 0.6 is 0 Å². The second-order valence-corrected chi connectivity index (χ2v) is 6.38. The van der Waals surface area contributed by atoms with E-state index in [0.29, 0.717) is 18.5 Å². The number of aliphatic carboxylic acids is 1. The Morgan fingerprint density at radius 1 is 1.38 bits per heavy atom. The van der Waals surface area contributed by atoms with Gasteiger partial charge in [-0.3, -0.25) is 9.59 Å². The Kier molecular flexibility index (Phi) is 5.93. The van der Waals surface area contributed by atoms with Crippen LogP contribution in [-0.4, -0.2) is 28.7 Å². The lowest BCUT2D eigenvalue weighted by Crippen LogP contribution is -2.30. The van der Waals surface area contributed by atoms with Gasteiger partial charge in [-0.2, -0.15) is 0 Å². The van der Waals surface area contributed by atoms with Crippen LogP contribution in [0.25, 0.3) is 0 Å². The number of aromatic nitrogens is 1. The maximum absolute atomic E-state index is 11.9. The monoisotopic (exact) mass is 296 g/mol. The van der Waals surface area contributed by atoms with Gasteiger partial charge in [-0.25, -0.2) is 0 Å². The predicted octanol–water partition coefficient (Wildman–Crippen LogP) is 2.63. The van der Waals surface area contributed by atoms with Crippen molar-refractivity contribution in [2.45, 2.75) is 47.0 Å². The molecule has 1 aromatic heterocycles. The van der Waals surface area contributed by atoms with Crippen molar-refractivity contribution in [2.75, 3.05) is 6.54 Å². The molecule has 0 saturated carbocycles. The highest BCUT2D eigenvalue weighted by Crippen LogP contribution is 2.32. The van der Waals surface area contributed by atoms with Gasteiger partial charge in [0.05, 0.1) is 6.20 Å². The topological polar surface area (TPSA) is 92.4 Å². The van der Waals surface area contributed by atoms with Crippen molar-refractivity contribution in [2.24, 2.45) is 11.3 Å². The lowest BCUT2D eigenvalue weighted by atomic mass is 9.76. The van der Waals surface area contributed by atoms with Gasteiger partial charge in [0.25, 0.3) is 5.91 Å². The molecule has 6 heteroatoms. The Bertz CT molecular complexity index is 488. The number of nitrogens with zero attached hydrogens (tertiary/aromatic N) is 1. The molecule has 0 bridgehead atoms. The number of carboxylic acid groups (broad SMARTS) is 1. The Morgan fingerprint density at radius 3 is 2.52 bits per heavy atom. The van der Waals surface area contributed by atoms with Gasteiger partial charge in [-0.05, 0) is 31.1 Å². The van der Waals surface area contributed by atoms with Crippen molar-refractivity contribution in [3.63, 3.8) is 0 Å². The van der Waals surface area contributed by atoms with E-state index in [1.807, 2.05) is 0 Å². The van der Waals surface area contributed by atoms with Gasteiger partial charge in [0, 0.05) is 18.5 Å². The maximum atomic E-state index is 11.9. The van der Waals surface area contributed by atoms with Crippen LogP contribution < -0.4 is 5.32 Å². The Labute approximate surface area is 124 Å². The smallest absolute Gasteiger partial charge is 0.303 e. The number of amides is 1. The average molecular weight is 296 g/mol. The van der Waals surface area contributed by atoms with E-state index in [1.165, 1.54) is 6.20 Å². The molecule has 0 aliphatic rings.